The number of hydrogen-bond acceptors (Lipinski definition) is 7. The van der Waals surface area contributed by atoms with Crippen LogP contribution in [0, 0.1) is 0 Å². The van der Waals surface area contributed by atoms with Crippen LogP contribution in [0.5, 0.6) is 17.2 Å². The molecule has 2 rings (SSSR count). The largest absolute Gasteiger partial charge is 0.493 e. The smallest absolute Gasteiger partial charge is 0.264 e. The van der Waals surface area contributed by atoms with Crippen LogP contribution in [0.3, 0.4) is 0 Å². The number of nitrogens with zero attached hydrogens (tertiary/aromatic N) is 1. The van der Waals surface area contributed by atoms with E-state index in [-0.39, 0.29) is 19.2 Å². The van der Waals surface area contributed by atoms with Crippen molar-refractivity contribution in [2.24, 2.45) is 0 Å². The van der Waals surface area contributed by atoms with E-state index < -0.39 is 10.1 Å². The summed E-state index contributed by atoms with van der Waals surface area (Å²) in [5.41, 5.74) is 0.373. The Morgan fingerprint density at radius 2 is 1.87 bits per heavy atom. The molecule has 9 heteroatoms. The van der Waals surface area contributed by atoms with Gasteiger partial charge in [0.05, 0.1) is 32.6 Å². The molecule has 128 valence electrons. The molecule has 0 aromatic heterocycles. The van der Waals surface area contributed by atoms with E-state index in [4.69, 9.17) is 14.2 Å². The Balaban J connectivity index is 2.05. The summed E-state index contributed by atoms with van der Waals surface area (Å²) in [6.07, 6.45) is 1.36. The molecule has 1 aromatic carbocycles. The summed E-state index contributed by atoms with van der Waals surface area (Å²) in [7, 11) is -0.483. The van der Waals surface area contributed by atoms with Gasteiger partial charge in [-0.05, 0) is 6.42 Å². The van der Waals surface area contributed by atoms with Crippen LogP contribution < -0.4 is 14.2 Å². The van der Waals surface area contributed by atoms with Gasteiger partial charge in [0.25, 0.3) is 16.0 Å². The van der Waals surface area contributed by atoms with Gasteiger partial charge in [-0.15, -0.1) is 0 Å². The van der Waals surface area contributed by atoms with Gasteiger partial charge in [-0.3, -0.25) is 8.98 Å². The Kier molecular flexibility index (Phi) is 5.32. The highest BCUT2D eigenvalue weighted by Gasteiger charge is 2.27. The van der Waals surface area contributed by atoms with E-state index in [1.165, 1.54) is 19.1 Å². The minimum Gasteiger partial charge on any atom is -0.493 e. The van der Waals surface area contributed by atoms with Crippen molar-refractivity contribution in [1.82, 2.24) is 4.90 Å². The summed E-state index contributed by atoms with van der Waals surface area (Å²) in [5, 5.41) is 0. The summed E-state index contributed by atoms with van der Waals surface area (Å²) >= 11 is 0. The lowest BCUT2D eigenvalue weighted by atomic mass is 10.1. The number of fused-ring (bicyclic) bond motifs is 1. The normalized spacial score (nSPS) is 14.2. The van der Waals surface area contributed by atoms with Crippen LogP contribution >= 0.6 is 0 Å². The maximum atomic E-state index is 12.5. The lowest BCUT2D eigenvalue weighted by Gasteiger charge is -2.29. The van der Waals surface area contributed by atoms with Crippen molar-refractivity contribution < 1.29 is 31.6 Å². The Labute approximate surface area is 135 Å². The topological polar surface area (TPSA) is 91.4 Å². The molecule has 1 aliphatic rings. The van der Waals surface area contributed by atoms with Crippen LogP contribution in [-0.2, 0) is 14.3 Å². The van der Waals surface area contributed by atoms with Crippen LogP contribution in [0.2, 0.25) is 0 Å². The van der Waals surface area contributed by atoms with Crippen LogP contribution in [0.15, 0.2) is 12.1 Å². The van der Waals surface area contributed by atoms with Gasteiger partial charge in [-0.2, -0.15) is 8.42 Å². The number of ether oxygens (including phenoxy) is 3. The molecule has 0 saturated heterocycles. The highest BCUT2D eigenvalue weighted by molar-refractivity contribution is 7.85. The first kappa shape index (κ1) is 17.4. The molecule has 0 unspecified atom stereocenters. The molecule has 23 heavy (non-hydrogen) atoms. The summed E-state index contributed by atoms with van der Waals surface area (Å²) in [6, 6.07) is 3.17. The first-order valence-electron chi connectivity index (χ1n) is 6.88. The second-order valence-corrected chi connectivity index (χ2v) is 6.57. The molecule has 0 aliphatic carbocycles. The number of amides is 1. The third-order valence-electron chi connectivity index (χ3n) is 3.25. The molecular formula is C14H19NO7S. The third kappa shape index (κ3) is 4.26. The lowest BCUT2D eigenvalue weighted by Crippen LogP contribution is -2.39. The molecule has 1 aliphatic heterocycles. The average Bonchev–Trinajstić information content (AvgIpc) is 2.51. The number of benzene rings is 1. The molecule has 1 heterocycles. The van der Waals surface area contributed by atoms with E-state index in [1.54, 1.807) is 12.1 Å². The van der Waals surface area contributed by atoms with Crippen molar-refractivity contribution >= 4 is 16.0 Å². The van der Waals surface area contributed by atoms with Crippen molar-refractivity contribution in [1.29, 1.82) is 0 Å². The summed E-state index contributed by atoms with van der Waals surface area (Å²) in [6.45, 7) is 0.420. The van der Waals surface area contributed by atoms with Gasteiger partial charge in [-0.1, -0.05) is 0 Å². The standard InChI is InChI=1S/C14H19NO7S/c1-19-12-7-10-11(8-13(12)20-2)21-9-15(14(10)16)5-4-6-22-23(3,17)18/h7-8H,4-6,9H2,1-3H3. The molecule has 0 atom stereocenters. The van der Waals surface area contributed by atoms with Gasteiger partial charge in [-0.25, -0.2) is 0 Å². The van der Waals surface area contributed by atoms with Crippen molar-refractivity contribution in [2.45, 2.75) is 6.42 Å². The van der Waals surface area contributed by atoms with Gasteiger partial charge >= 0.3 is 0 Å². The van der Waals surface area contributed by atoms with Crippen molar-refractivity contribution in [3.63, 3.8) is 0 Å². The fourth-order valence-corrected chi connectivity index (χ4v) is 2.58. The molecular weight excluding hydrogens is 326 g/mol. The number of carbonyl (C=O) groups excluding carboxylic acids is 1. The second-order valence-electron chi connectivity index (χ2n) is 4.93. The molecule has 8 nitrogen and oxygen atoms in total. The van der Waals surface area contributed by atoms with E-state index in [0.29, 0.717) is 35.8 Å². The number of hydrogen-bond donors (Lipinski definition) is 0. The predicted octanol–water partition coefficient (Wildman–Crippen LogP) is 0.862. The first-order valence-corrected chi connectivity index (χ1v) is 8.70. The minimum absolute atomic E-state index is 0.0153. The van der Waals surface area contributed by atoms with Crippen LogP contribution in [0.25, 0.3) is 0 Å². The van der Waals surface area contributed by atoms with Gasteiger partial charge in [0.15, 0.2) is 18.2 Å². The quantitative estimate of drug-likeness (QED) is 0.535. The van der Waals surface area contributed by atoms with Gasteiger partial charge < -0.3 is 19.1 Å². The Morgan fingerprint density at radius 1 is 1.22 bits per heavy atom. The molecule has 0 bridgehead atoms. The summed E-state index contributed by atoms with van der Waals surface area (Å²) < 4.78 is 42.3. The van der Waals surface area contributed by atoms with Crippen LogP contribution in [0.4, 0.5) is 0 Å². The zero-order valence-corrected chi connectivity index (χ0v) is 14.0. The zero-order chi connectivity index (χ0) is 17.0. The summed E-state index contributed by atoms with van der Waals surface area (Å²) in [4.78, 5) is 13.9. The molecule has 0 spiro atoms. The monoisotopic (exact) mass is 345 g/mol. The molecule has 0 N–H and O–H groups in total. The highest BCUT2D eigenvalue weighted by atomic mass is 32.2. The lowest BCUT2D eigenvalue weighted by molar-refractivity contribution is 0.0508. The average molecular weight is 345 g/mol. The van der Waals surface area contributed by atoms with Gasteiger partial charge in [0.1, 0.15) is 5.75 Å². The number of methoxy groups -OCH3 is 2. The van der Waals surface area contributed by atoms with Gasteiger partial charge in [0, 0.05) is 18.7 Å². The van der Waals surface area contributed by atoms with E-state index >= 15 is 0 Å². The van der Waals surface area contributed by atoms with Crippen molar-refractivity contribution in [3.8, 4) is 17.2 Å². The molecule has 1 amide bonds. The highest BCUT2D eigenvalue weighted by Crippen LogP contribution is 2.36. The van der Waals surface area contributed by atoms with Crippen molar-refractivity contribution in [2.75, 3.05) is 40.4 Å². The maximum absolute atomic E-state index is 12.5. The number of carbonyl (C=O) groups is 1. The van der Waals surface area contributed by atoms with Gasteiger partial charge in [0.2, 0.25) is 0 Å². The number of rotatable bonds is 7. The SMILES string of the molecule is COc1cc2c(cc1OC)C(=O)N(CCCOS(C)(=O)=O)CO2. The summed E-state index contributed by atoms with van der Waals surface area (Å²) in [5.74, 6) is 1.13. The minimum atomic E-state index is -3.47. The van der Waals surface area contributed by atoms with E-state index in [0.717, 1.165) is 6.26 Å². The second kappa shape index (κ2) is 7.05. The van der Waals surface area contributed by atoms with Crippen LogP contribution in [0.1, 0.15) is 16.8 Å². The van der Waals surface area contributed by atoms with E-state index in [1.807, 2.05) is 0 Å². The molecule has 0 fully saturated rings. The fraction of sp³-hybridized carbons (Fsp3) is 0.500. The Morgan fingerprint density at radius 3 is 2.48 bits per heavy atom. The van der Waals surface area contributed by atoms with Crippen molar-refractivity contribution in [3.05, 3.63) is 17.7 Å². The van der Waals surface area contributed by atoms with Crippen LogP contribution in [-0.4, -0.2) is 59.6 Å². The fourth-order valence-electron chi connectivity index (χ4n) is 2.16. The maximum Gasteiger partial charge on any atom is 0.264 e. The molecule has 0 radical (unpaired) electrons. The first-order chi connectivity index (χ1) is 10.9. The van der Waals surface area contributed by atoms with E-state index in [2.05, 4.69) is 4.18 Å². The molecule has 1 aromatic rings. The Hall–Kier alpha value is -2.00. The predicted molar refractivity (Wildman–Crippen MR) is 81.5 cm³/mol. The Bertz CT molecular complexity index is 687. The third-order valence-corrected chi connectivity index (χ3v) is 3.84. The zero-order valence-electron chi connectivity index (χ0n) is 13.2. The molecule has 0 saturated carbocycles. The van der Waals surface area contributed by atoms with E-state index in [9.17, 15) is 13.2 Å².